The molecule has 0 bridgehead atoms. The number of para-hydroxylation sites is 2. The Hall–Kier alpha value is -8.35. The van der Waals surface area contributed by atoms with Crippen LogP contribution in [0.2, 0.25) is 0 Å². The lowest BCUT2D eigenvalue weighted by Crippen LogP contribution is -2.14. The second kappa shape index (κ2) is 16.4. The molecule has 70 heavy (non-hydrogen) atoms. The second-order valence-corrected chi connectivity index (χ2v) is 18.2. The third-order valence-electron chi connectivity index (χ3n) is 13.3. The molecular formula is C61H41F6N3. The van der Waals surface area contributed by atoms with Crippen molar-refractivity contribution in [2.24, 2.45) is 0 Å². The fourth-order valence-electron chi connectivity index (χ4n) is 10.6. The Morgan fingerprint density at radius 2 is 0.871 bits per heavy atom. The zero-order valence-corrected chi connectivity index (χ0v) is 38.4. The molecule has 2 heterocycles. The van der Waals surface area contributed by atoms with Crippen molar-refractivity contribution in [3.8, 4) is 62.0 Å². The second-order valence-electron chi connectivity index (χ2n) is 18.2. The summed E-state index contributed by atoms with van der Waals surface area (Å²) >= 11 is 0. The highest BCUT2D eigenvalue weighted by Crippen LogP contribution is 2.50. The van der Waals surface area contributed by atoms with Crippen molar-refractivity contribution in [2.45, 2.75) is 40.0 Å². The molecule has 0 N–H and O–H groups in total. The van der Waals surface area contributed by atoms with Gasteiger partial charge in [-0.25, -0.2) is 0 Å². The van der Waals surface area contributed by atoms with Crippen LogP contribution >= 0.6 is 0 Å². The van der Waals surface area contributed by atoms with E-state index >= 15 is 26.3 Å². The van der Waals surface area contributed by atoms with E-state index in [1.165, 1.54) is 6.07 Å². The lowest BCUT2D eigenvalue weighted by atomic mass is 9.86. The number of rotatable bonds is 6. The minimum absolute atomic E-state index is 0.0716. The van der Waals surface area contributed by atoms with Crippen LogP contribution in [0.1, 0.15) is 38.9 Å². The molecule has 0 fully saturated rings. The van der Waals surface area contributed by atoms with Gasteiger partial charge in [0, 0.05) is 38.4 Å². The smallest absolute Gasteiger partial charge is 0.309 e. The summed E-state index contributed by atoms with van der Waals surface area (Å²) < 4.78 is 95.4. The molecule has 0 atom stereocenters. The quantitative estimate of drug-likeness (QED) is 0.153. The molecule has 11 aromatic rings. The van der Waals surface area contributed by atoms with Gasteiger partial charge < -0.3 is 9.13 Å². The van der Waals surface area contributed by atoms with Crippen molar-refractivity contribution < 1.29 is 26.3 Å². The van der Waals surface area contributed by atoms with Gasteiger partial charge in [-0.3, -0.25) is 0 Å². The van der Waals surface area contributed by atoms with Crippen LogP contribution < -0.4 is 0 Å². The zero-order valence-electron chi connectivity index (χ0n) is 38.4. The number of benzene rings is 9. The van der Waals surface area contributed by atoms with E-state index in [1.807, 2.05) is 95.8 Å². The Morgan fingerprint density at radius 1 is 0.386 bits per heavy atom. The van der Waals surface area contributed by atoms with Gasteiger partial charge in [-0.2, -0.15) is 31.6 Å². The SMILES string of the molecule is Cc1cc(C)cc(-c2ccc3c(c2)c2ccccc2n3-c2ccc(-c3c(C(F)(F)F)cccc3C(F)(F)F)c(-c3cc(C#N)ccc3-n3c4ccccc4c4cc(-c5cc(C)cc(C)c5)ccc43)c2)c1. The van der Waals surface area contributed by atoms with E-state index in [0.29, 0.717) is 23.5 Å². The van der Waals surface area contributed by atoms with Gasteiger partial charge in [0.15, 0.2) is 0 Å². The summed E-state index contributed by atoms with van der Waals surface area (Å²) in [6, 6.07) is 54.4. The standard InChI is InChI=1S/C61H41F6N3/c1-35-24-36(2)27-42(26-35)40-17-22-56-50(31-40)45-10-5-7-14-54(45)69(56)44-19-20-47(59-52(60(62,63)64)12-9-13-53(59)61(65,66)67)48(33-44)49-30-39(34-68)16-21-57(49)70-55-15-8-6-11-46(55)51-32-41(18-23-58(51)70)43-28-37(3)25-38(4)29-43/h5-33H,1-4H3. The van der Waals surface area contributed by atoms with Crippen molar-refractivity contribution in [1.29, 1.82) is 5.26 Å². The topological polar surface area (TPSA) is 33.6 Å². The summed E-state index contributed by atoms with van der Waals surface area (Å²) in [5, 5.41) is 14.1. The fraction of sp³-hybridized carbons (Fsp3) is 0.0984. The first kappa shape index (κ1) is 44.2. The van der Waals surface area contributed by atoms with Gasteiger partial charge in [-0.1, -0.05) is 119 Å². The number of aryl methyl sites for hydroxylation is 4. The van der Waals surface area contributed by atoms with Crippen molar-refractivity contribution >= 4 is 43.6 Å². The average Bonchev–Trinajstić information content (AvgIpc) is 3.84. The third kappa shape index (κ3) is 7.48. The molecule has 0 aliphatic heterocycles. The molecule has 2 aromatic heterocycles. The summed E-state index contributed by atoms with van der Waals surface area (Å²) in [6.45, 7) is 8.20. The number of fused-ring (bicyclic) bond motifs is 6. The van der Waals surface area contributed by atoms with E-state index in [4.69, 9.17) is 0 Å². The van der Waals surface area contributed by atoms with Crippen molar-refractivity contribution in [1.82, 2.24) is 9.13 Å². The molecule has 0 amide bonds. The first-order valence-corrected chi connectivity index (χ1v) is 22.8. The molecule has 0 saturated heterocycles. The molecule has 0 aliphatic carbocycles. The number of alkyl halides is 6. The molecule has 0 spiro atoms. The lowest BCUT2D eigenvalue weighted by molar-refractivity contribution is -0.142. The van der Waals surface area contributed by atoms with Crippen LogP contribution in [0.5, 0.6) is 0 Å². The number of nitriles is 1. The summed E-state index contributed by atoms with van der Waals surface area (Å²) in [5.41, 5.74) is 8.90. The first-order valence-electron chi connectivity index (χ1n) is 22.8. The van der Waals surface area contributed by atoms with E-state index < -0.39 is 29.0 Å². The molecular weight excluding hydrogens is 889 g/mol. The summed E-state index contributed by atoms with van der Waals surface area (Å²) in [6.07, 6.45) is -10.3. The van der Waals surface area contributed by atoms with Crippen LogP contribution in [0.25, 0.3) is 99.5 Å². The van der Waals surface area contributed by atoms with E-state index in [1.54, 1.807) is 30.3 Å². The van der Waals surface area contributed by atoms with Crippen molar-refractivity contribution in [3.05, 3.63) is 215 Å². The van der Waals surface area contributed by atoms with E-state index in [-0.39, 0.29) is 22.3 Å². The van der Waals surface area contributed by atoms with Gasteiger partial charge in [-0.15, -0.1) is 0 Å². The normalized spacial score (nSPS) is 12.1. The Bertz CT molecular complexity index is 3920. The van der Waals surface area contributed by atoms with Crippen LogP contribution in [-0.4, -0.2) is 9.13 Å². The van der Waals surface area contributed by atoms with Crippen LogP contribution in [0.3, 0.4) is 0 Å². The molecule has 11 rings (SSSR count). The number of hydrogen-bond acceptors (Lipinski definition) is 1. The Morgan fingerprint density at radius 3 is 1.39 bits per heavy atom. The maximum atomic E-state index is 15.2. The monoisotopic (exact) mass is 929 g/mol. The Labute approximate surface area is 399 Å². The Balaban J connectivity index is 1.23. The van der Waals surface area contributed by atoms with Crippen LogP contribution in [-0.2, 0) is 12.4 Å². The van der Waals surface area contributed by atoms with Crippen LogP contribution in [0.4, 0.5) is 26.3 Å². The van der Waals surface area contributed by atoms with Gasteiger partial charge in [-0.05, 0) is 140 Å². The van der Waals surface area contributed by atoms with Crippen LogP contribution in [0.15, 0.2) is 176 Å². The molecule has 0 saturated carbocycles. The van der Waals surface area contributed by atoms with Gasteiger partial charge in [0.05, 0.1) is 50.5 Å². The predicted molar refractivity (Wildman–Crippen MR) is 271 cm³/mol. The molecule has 9 aromatic carbocycles. The van der Waals surface area contributed by atoms with Gasteiger partial charge in [0.2, 0.25) is 0 Å². The molecule has 0 unspecified atom stereocenters. The largest absolute Gasteiger partial charge is 0.417 e. The highest BCUT2D eigenvalue weighted by Gasteiger charge is 2.42. The molecule has 0 radical (unpaired) electrons. The maximum Gasteiger partial charge on any atom is 0.417 e. The van der Waals surface area contributed by atoms with Gasteiger partial charge in [0.25, 0.3) is 0 Å². The highest BCUT2D eigenvalue weighted by molar-refractivity contribution is 6.12. The van der Waals surface area contributed by atoms with Gasteiger partial charge >= 0.3 is 12.4 Å². The lowest BCUT2D eigenvalue weighted by Gasteiger charge is -2.23. The molecule has 3 nitrogen and oxygen atoms in total. The van der Waals surface area contributed by atoms with Gasteiger partial charge in [0.1, 0.15) is 0 Å². The minimum atomic E-state index is -5.16. The summed E-state index contributed by atoms with van der Waals surface area (Å²) in [4.78, 5) is 0. The van der Waals surface area contributed by atoms with E-state index in [2.05, 4.69) is 68.4 Å². The molecule has 0 aliphatic rings. The van der Waals surface area contributed by atoms with E-state index in [0.717, 1.165) is 94.2 Å². The minimum Gasteiger partial charge on any atom is -0.309 e. The summed E-state index contributed by atoms with van der Waals surface area (Å²) in [7, 11) is 0. The Kier molecular flexibility index (Phi) is 10.4. The van der Waals surface area contributed by atoms with Crippen molar-refractivity contribution in [2.75, 3.05) is 0 Å². The predicted octanol–water partition coefficient (Wildman–Crippen LogP) is 17.7. The zero-order chi connectivity index (χ0) is 48.8. The van der Waals surface area contributed by atoms with Crippen molar-refractivity contribution in [3.63, 3.8) is 0 Å². The van der Waals surface area contributed by atoms with Crippen LogP contribution in [0, 0.1) is 39.0 Å². The maximum absolute atomic E-state index is 15.2. The highest BCUT2D eigenvalue weighted by atomic mass is 19.4. The number of nitrogens with zero attached hydrogens (tertiary/aromatic N) is 3. The fourth-order valence-corrected chi connectivity index (χ4v) is 10.6. The number of aromatic nitrogens is 2. The molecule has 342 valence electrons. The van der Waals surface area contributed by atoms with E-state index in [9.17, 15) is 5.26 Å². The molecule has 9 heteroatoms. The number of halogens is 6. The number of hydrogen-bond donors (Lipinski definition) is 0. The third-order valence-corrected chi connectivity index (χ3v) is 13.3. The first-order chi connectivity index (χ1) is 33.5. The summed E-state index contributed by atoms with van der Waals surface area (Å²) in [5.74, 6) is 0. The average molecular weight is 930 g/mol.